The van der Waals surface area contributed by atoms with Crippen molar-refractivity contribution in [2.24, 2.45) is 0 Å². The average Bonchev–Trinajstić information content (AvgIpc) is 2.28. The zero-order chi connectivity index (χ0) is 13.5. The molecule has 1 rings (SSSR count). The van der Waals surface area contributed by atoms with Gasteiger partial charge in [-0.1, -0.05) is 12.1 Å². The molecule has 1 amide bonds. The van der Waals surface area contributed by atoms with Gasteiger partial charge in [0.1, 0.15) is 0 Å². The van der Waals surface area contributed by atoms with Crippen LogP contribution in [0.25, 0.3) is 0 Å². The van der Waals surface area contributed by atoms with Crippen molar-refractivity contribution in [3.05, 3.63) is 29.8 Å². The van der Waals surface area contributed by atoms with E-state index < -0.39 is 0 Å². The summed E-state index contributed by atoms with van der Waals surface area (Å²) in [4.78, 5) is 11.0. The summed E-state index contributed by atoms with van der Waals surface area (Å²) in [6, 6.07) is 8.22. The molecule has 0 aliphatic carbocycles. The van der Waals surface area contributed by atoms with Crippen molar-refractivity contribution in [3.8, 4) is 0 Å². The summed E-state index contributed by atoms with van der Waals surface area (Å²) in [6.45, 7) is 5.80. The lowest BCUT2D eigenvalue weighted by molar-refractivity contribution is -0.114. The fraction of sp³-hybridized carbons (Fsp3) is 0.500. The first-order valence-electron chi connectivity index (χ1n) is 6.27. The molecule has 0 saturated heterocycles. The molecule has 100 valence electrons. The minimum atomic E-state index is -0.0681. The molecule has 1 aromatic carbocycles. The monoisotopic (exact) mass is 250 g/mol. The maximum atomic E-state index is 11.0. The largest absolute Gasteiger partial charge is 0.396 e. The number of benzene rings is 1. The van der Waals surface area contributed by atoms with Gasteiger partial charge in [0.2, 0.25) is 5.91 Å². The number of hydrogen-bond donors (Lipinski definition) is 3. The van der Waals surface area contributed by atoms with Crippen LogP contribution in [0.2, 0.25) is 0 Å². The van der Waals surface area contributed by atoms with Gasteiger partial charge in [0.05, 0.1) is 0 Å². The predicted octanol–water partition coefficient (Wildman–Crippen LogP) is 2.07. The van der Waals surface area contributed by atoms with Gasteiger partial charge >= 0.3 is 0 Å². The van der Waals surface area contributed by atoms with Gasteiger partial charge in [-0.3, -0.25) is 4.79 Å². The quantitative estimate of drug-likeness (QED) is 0.724. The van der Waals surface area contributed by atoms with Gasteiger partial charge in [-0.05, 0) is 38.0 Å². The molecule has 4 heteroatoms. The Morgan fingerprint density at radius 1 is 1.39 bits per heavy atom. The average molecular weight is 250 g/mol. The Hall–Kier alpha value is -1.39. The fourth-order valence-corrected chi connectivity index (χ4v) is 1.89. The van der Waals surface area contributed by atoms with Crippen LogP contribution in [-0.2, 0) is 4.79 Å². The Balaban J connectivity index is 2.67. The fourth-order valence-electron chi connectivity index (χ4n) is 1.89. The maximum absolute atomic E-state index is 11.0. The second-order valence-electron chi connectivity index (χ2n) is 4.61. The predicted molar refractivity (Wildman–Crippen MR) is 73.5 cm³/mol. The van der Waals surface area contributed by atoms with E-state index in [1.807, 2.05) is 31.2 Å². The van der Waals surface area contributed by atoms with Crippen molar-refractivity contribution in [2.45, 2.75) is 39.3 Å². The second-order valence-corrected chi connectivity index (χ2v) is 4.61. The third kappa shape index (κ3) is 4.85. The normalized spacial score (nSPS) is 14.0. The Bertz CT molecular complexity index is 393. The molecule has 3 N–H and O–H groups in total. The topological polar surface area (TPSA) is 61.4 Å². The summed E-state index contributed by atoms with van der Waals surface area (Å²) in [6.07, 6.45) is 0.732. The molecule has 4 nitrogen and oxygen atoms in total. The number of rotatable bonds is 6. The molecule has 18 heavy (non-hydrogen) atoms. The van der Waals surface area contributed by atoms with Gasteiger partial charge < -0.3 is 15.7 Å². The lowest BCUT2D eigenvalue weighted by Gasteiger charge is -2.20. The SMILES string of the molecule is CC(=O)Nc1cccc(C(C)NC(C)CCO)c1. The highest BCUT2D eigenvalue weighted by Gasteiger charge is 2.09. The summed E-state index contributed by atoms with van der Waals surface area (Å²) < 4.78 is 0. The standard InChI is InChI=1S/C14H22N2O2/c1-10(7-8-17)15-11(2)13-5-4-6-14(9-13)16-12(3)18/h4-6,9-11,15,17H,7-8H2,1-3H3,(H,16,18). The van der Waals surface area contributed by atoms with Crippen molar-refractivity contribution < 1.29 is 9.90 Å². The van der Waals surface area contributed by atoms with Crippen molar-refractivity contribution in [1.82, 2.24) is 5.32 Å². The van der Waals surface area contributed by atoms with Gasteiger partial charge in [0, 0.05) is 31.3 Å². The summed E-state index contributed by atoms with van der Waals surface area (Å²) in [5.74, 6) is -0.0681. The number of hydrogen-bond acceptors (Lipinski definition) is 3. The minimum absolute atomic E-state index is 0.0681. The lowest BCUT2D eigenvalue weighted by Crippen LogP contribution is -2.29. The molecule has 0 aliphatic heterocycles. The number of carbonyl (C=O) groups excluding carboxylic acids is 1. The molecule has 1 aromatic rings. The summed E-state index contributed by atoms with van der Waals surface area (Å²) in [5, 5.41) is 15.1. The van der Waals surface area contributed by atoms with Crippen LogP contribution in [0.15, 0.2) is 24.3 Å². The van der Waals surface area contributed by atoms with Crippen molar-refractivity contribution in [1.29, 1.82) is 0 Å². The smallest absolute Gasteiger partial charge is 0.221 e. The molecule has 0 fully saturated rings. The van der Waals surface area contributed by atoms with E-state index >= 15 is 0 Å². The highest BCUT2D eigenvalue weighted by molar-refractivity contribution is 5.88. The van der Waals surface area contributed by atoms with Gasteiger partial charge in [-0.25, -0.2) is 0 Å². The minimum Gasteiger partial charge on any atom is -0.396 e. The second kappa shape index (κ2) is 7.13. The van der Waals surface area contributed by atoms with Crippen molar-refractivity contribution in [3.63, 3.8) is 0 Å². The van der Waals surface area contributed by atoms with E-state index in [9.17, 15) is 4.79 Å². The van der Waals surface area contributed by atoms with Gasteiger partial charge in [-0.15, -0.1) is 0 Å². The number of amides is 1. The first-order valence-corrected chi connectivity index (χ1v) is 6.27. The van der Waals surface area contributed by atoms with Crippen LogP contribution >= 0.6 is 0 Å². The van der Waals surface area contributed by atoms with Crippen LogP contribution in [-0.4, -0.2) is 23.7 Å². The van der Waals surface area contributed by atoms with E-state index in [2.05, 4.69) is 17.6 Å². The summed E-state index contributed by atoms with van der Waals surface area (Å²) >= 11 is 0. The molecular weight excluding hydrogens is 228 g/mol. The zero-order valence-corrected chi connectivity index (χ0v) is 11.2. The first-order chi connectivity index (χ1) is 8.52. The van der Waals surface area contributed by atoms with Crippen molar-refractivity contribution in [2.75, 3.05) is 11.9 Å². The molecule has 2 unspecified atom stereocenters. The van der Waals surface area contributed by atoms with Gasteiger partial charge in [-0.2, -0.15) is 0 Å². The van der Waals surface area contributed by atoms with Gasteiger partial charge in [0.25, 0.3) is 0 Å². The first kappa shape index (κ1) is 14.7. The van der Waals surface area contributed by atoms with Gasteiger partial charge in [0.15, 0.2) is 0 Å². The molecule has 0 radical (unpaired) electrons. The highest BCUT2D eigenvalue weighted by atomic mass is 16.3. The van der Waals surface area contributed by atoms with E-state index in [1.54, 1.807) is 0 Å². The number of aliphatic hydroxyl groups is 1. The molecule has 0 bridgehead atoms. The van der Waals surface area contributed by atoms with E-state index in [0.29, 0.717) is 0 Å². The van der Waals surface area contributed by atoms with E-state index in [4.69, 9.17) is 5.11 Å². The third-order valence-corrected chi connectivity index (χ3v) is 2.80. The molecule has 2 atom stereocenters. The zero-order valence-electron chi connectivity index (χ0n) is 11.2. The van der Waals surface area contributed by atoms with Crippen LogP contribution < -0.4 is 10.6 Å². The molecule has 0 saturated carbocycles. The lowest BCUT2D eigenvalue weighted by atomic mass is 10.1. The number of carbonyl (C=O) groups is 1. The van der Waals surface area contributed by atoms with Crippen LogP contribution in [0.5, 0.6) is 0 Å². The van der Waals surface area contributed by atoms with E-state index in [0.717, 1.165) is 17.7 Å². The number of aliphatic hydroxyl groups excluding tert-OH is 1. The Labute approximate surface area is 108 Å². The van der Waals surface area contributed by atoms with Crippen LogP contribution in [0, 0.1) is 0 Å². The maximum Gasteiger partial charge on any atom is 0.221 e. The third-order valence-electron chi connectivity index (χ3n) is 2.80. The molecule has 0 spiro atoms. The van der Waals surface area contributed by atoms with Crippen LogP contribution in [0.4, 0.5) is 5.69 Å². The molecule has 0 heterocycles. The Morgan fingerprint density at radius 2 is 2.11 bits per heavy atom. The Kier molecular flexibility index (Phi) is 5.82. The van der Waals surface area contributed by atoms with Crippen LogP contribution in [0.1, 0.15) is 38.8 Å². The molecular formula is C14H22N2O2. The molecule has 0 aliphatic rings. The Morgan fingerprint density at radius 3 is 2.72 bits per heavy atom. The van der Waals surface area contributed by atoms with Crippen LogP contribution in [0.3, 0.4) is 0 Å². The highest BCUT2D eigenvalue weighted by Crippen LogP contribution is 2.18. The number of nitrogens with one attached hydrogen (secondary N) is 2. The van der Waals surface area contributed by atoms with Crippen molar-refractivity contribution >= 4 is 11.6 Å². The number of anilines is 1. The van der Waals surface area contributed by atoms with E-state index in [-0.39, 0.29) is 24.6 Å². The summed E-state index contributed by atoms with van der Waals surface area (Å²) in [7, 11) is 0. The van der Waals surface area contributed by atoms with E-state index in [1.165, 1.54) is 6.92 Å². The molecule has 0 aromatic heterocycles. The summed E-state index contributed by atoms with van der Waals surface area (Å²) in [5.41, 5.74) is 1.93.